The van der Waals surface area contributed by atoms with E-state index in [1.807, 2.05) is 13.8 Å². The minimum atomic E-state index is -3.27. The molecule has 5 nitrogen and oxygen atoms in total. The summed E-state index contributed by atoms with van der Waals surface area (Å²) in [6.07, 6.45) is 0.449. The minimum absolute atomic E-state index is 0.00362. The molecule has 0 saturated carbocycles. The summed E-state index contributed by atoms with van der Waals surface area (Å²) in [5, 5.41) is 0. The van der Waals surface area contributed by atoms with Gasteiger partial charge < -0.3 is 10.5 Å². The molecule has 0 aromatic rings. The molecule has 102 valence electrons. The van der Waals surface area contributed by atoms with Gasteiger partial charge in [-0.05, 0) is 13.8 Å². The van der Waals surface area contributed by atoms with E-state index in [4.69, 9.17) is 22.7 Å². The van der Waals surface area contributed by atoms with E-state index in [1.54, 1.807) is 6.92 Å². The van der Waals surface area contributed by atoms with Crippen LogP contribution in [0.5, 0.6) is 0 Å². The van der Waals surface area contributed by atoms with Gasteiger partial charge in [0, 0.05) is 19.5 Å². The Balaban J connectivity index is 4.27. The number of ether oxygens (including phenoxy) is 1. The second-order valence-corrected chi connectivity index (χ2v) is 6.56. The SMILES string of the molecule is CCN(CCC(N)=S)S(=O)(=O)CCOC(C)C. The quantitative estimate of drug-likeness (QED) is 0.631. The van der Waals surface area contributed by atoms with E-state index in [0.717, 1.165) is 0 Å². The van der Waals surface area contributed by atoms with E-state index >= 15 is 0 Å². The predicted molar refractivity (Wildman–Crippen MR) is 73.5 cm³/mol. The van der Waals surface area contributed by atoms with Crippen LogP contribution in [-0.2, 0) is 14.8 Å². The summed E-state index contributed by atoms with van der Waals surface area (Å²) < 4.78 is 30.5. The smallest absolute Gasteiger partial charge is 0.216 e. The van der Waals surface area contributed by atoms with Gasteiger partial charge in [0.25, 0.3) is 0 Å². The molecule has 0 heterocycles. The normalized spacial score (nSPS) is 12.3. The number of thiocarbonyl (C=S) groups is 1. The molecule has 0 radical (unpaired) electrons. The Morgan fingerprint density at radius 3 is 2.47 bits per heavy atom. The van der Waals surface area contributed by atoms with Gasteiger partial charge in [0.15, 0.2) is 0 Å². The highest BCUT2D eigenvalue weighted by molar-refractivity contribution is 7.89. The number of hydrogen-bond acceptors (Lipinski definition) is 4. The first-order chi connectivity index (χ1) is 7.79. The van der Waals surface area contributed by atoms with Gasteiger partial charge in [0.2, 0.25) is 10.0 Å². The largest absolute Gasteiger partial charge is 0.393 e. The molecule has 17 heavy (non-hydrogen) atoms. The average molecular weight is 282 g/mol. The zero-order valence-electron chi connectivity index (χ0n) is 10.7. The van der Waals surface area contributed by atoms with Gasteiger partial charge in [-0.3, -0.25) is 0 Å². The Kier molecular flexibility index (Phi) is 7.85. The van der Waals surface area contributed by atoms with E-state index < -0.39 is 10.0 Å². The fraction of sp³-hybridized carbons (Fsp3) is 0.900. The molecule has 2 N–H and O–H groups in total. The maximum Gasteiger partial charge on any atom is 0.216 e. The number of nitrogens with two attached hydrogens (primary N) is 1. The van der Waals surface area contributed by atoms with Gasteiger partial charge in [-0.15, -0.1) is 0 Å². The van der Waals surface area contributed by atoms with Crippen LogP contribution in [0.15, 0.2) is 0 Å². The third-order valence-electron chi connectivity index (χ3n) is 2.15. The lowest BCUT2D eigenvalue weighted by atomic mass is 10.4. The van der Waals surface area contributed by atoms with E-state index in [9.17, 15) is 8.42 Å². The molecule has 0 atom stereocenters. The van der Waals surface area contributed by atoms with E-state index in [1.165, 1.54) is 4.31 Å². The lowest BCUT2D eigenvalue weighted by Crippen LogP contribution is -2.36. The van der Waals surface area contributed by atoms with Crippen LogP contribution in [0.3, 0.4) is 0 Å². The lowest BCUT2D eigenvalue weighted by molar-refractivity contribution is 0.0907. The first-order valence-corrected chi connectivity index (χ1v) is 7.69. The highest BCUT2D eigenvalue weighted by Gasteiger charge is 2.20. The van der Waals surface area contributed by atoms with Crippen molar-refractivity contribution in [1.29, 1.82) is 0 Å². The predicted octanol–water partition coefficient (Wildman–Crippen LogP) is 0.739. The number of rotatable bonds is 9. The molecular formula is C10H22N2O3S2. The van der Waals surface area contributed by atoms with Crippen molar-refractivity contribution in [3.8, 4) is 0 Å². The third-order valence-corrected chi connectivity index (χ3v) is 4.26. The van der Waals surface area contributed by atoms with Crippen molar-refractivity contribution >= 4 is 27.2 Å². The summed E-state index contributed by atoms with van der Waals surface area (Å²) in [7, 11) is -3.27. The molecule has 0 rings (SSSR count). The Morgan fingerprint density at radius 1 is 1.47 bits per heavy atom. The molecule has 0 spiro atoms. The molecule has 7 heteroatoms. The van der Waals surface area contributed by atoms with Crippen molar-refractivity contribution in [2.45, 2.75) is 33.3 Å². The van der Waals surface area contributed by atoms with Crippen molar-refractivity contribution in [3.63, 3.8) is 0 Å². The molecule has 0 bridgehead atoms. The molecule has 0 aromatic carbocycles. The fourth-order valence-electron chi connectivity index (χ4n) is 1.25. The summed E-state index contributed by atoms with van der Waals surface area (Å²) in [6.45, 7) is 6.51. The first kappa shape index (κ1) is 16.8. The number of hydrogen-bond donors (Lipinski definition) is 1. The summed E-state index contributed by atoms with van der Waals surface area (Å²) in [5.74, 6) is -0.00362. The van der Waals surface area contributed by atoms with E-state index in [0.29, 0.717) is 24.5 Å². The number of sulfonamides is 1. The monoisotopic (exact) mass is 282 g/mol. The van der Waals surface area contributed by atoms with Crippen LogP contribution in [0.1, 0.15) is 27.2 Å². The van der Waals surface area contributed by atoms with Gasteiger partial charge in [-0.25, -0.2) is 12.7 Å². The molecule has 0 aromatic heterocycles. The van der Waals surface area contributed by atoms with Crippen molar-refractivity contribution in [2.24, 2.45) is 5.73 Å². The maximum atomic E-state index is 11.9. The summed E-state index contributed by atoms with van der Waals surface area (Å²) in [6, 6.07) is 0. The Bertz CT molecular complexity index is 328. The van der Waals surface area contributed by atoms with Crippen LogP contribution in [0.25, 0.3) is 0 Å². The van der Waals surface area contributed by atoms with Crippen LogP contribution < -0.4 is 5.73 Å². The van der Waals surface area contributed by atoms with E-state index in [-0.39, 0.29) is 18.5 Å². The molecule has 0 amide bonds. The Labute approximate surface area is 109 Å². The minimum Gasteiger partial charge on any atom is -0.393 e. The molecule has 0 saturated heterocycles. The number of nitrogens with zero attached hydrogens (tertiary/aromatic N) is 1. The Morgan fingerprint density at radius 2 is 2.06 bits per heavy atom. The van der Waals surface area contributed by atoms with Gasteiger partial charge in [0.05, 0.1) is 23.5 Å². The molecular weight excluding hydrogens is 260 g/mol. The fourth-order valence-corrected chi connectivity index (χ4v) is 2.67. The Hall–Kier alpha value is -0.240. The van der Waals surface area contributed by atoms with Gasteiger partial charge >= 0.3 is 0 Å². The van der Waals surface area contributed by atoms with Crippen LogP contribution in [-0.4, -0.2) is 49.3 Å². The zero-order chi connectivity index (χ0) is 13.5. The highest BCUT2D eigenvalue weighted by atomic mass is 32.2. The molecule has 0 aliphatic rings. The zero-order valence-corrected chi connectivity index (χ0v) is 12.3. The third kappa shape index (κ3) is 7.64. The standard InChI is InChI=1S/C10H22N2O3S2/c1-4-12(6-5-10(11)16)17(13,14)8-7-15-9(2)3/h9H,4-8H2,1-3H3,(H2,11,16). The van der Waals surface area contributed by atoms with Crippen molar-refractivity contribution in [1.82, 2.24) is 4.31 Å². The summed E-state index contributed by atoms with van der Waals surface area (Å²) >= 11 is 4.74. The van der Waals surface area contributed by atoms with E-state index in [2.05, 4.69) is 0 Å². The van der Waals surface area contributed by atoms with Crippen molar-refractivity contribution < 1.29 is 13.2 Å². The summed E-state index contributed by atoms with van der Waals surface area (Å²) in [5.41, 5.74) is 5.36. The van der Waals surface area contributed by atoms with Crippen LogP contribution in [0.2, 0.25) is 0 Å². The summed E-state index contributed by atoms with van der Waals surface area (Å²) in [4.78, 5) is 0.331. The van der Waals surface area contributed by atoms with Crippen LogP contribution in [0.4, 0.5) is 0 Å². The van der Waals surface area contributed by atoms with Gasteiger partial charge in [-0.1, -0.05) is 19.1 Å². The molecule has 0 aliphatic carbocycles. The highest BCUT2D eigenvalue weighted by Crippen LogP contribution is 2.03. The first-order valence-electron chi connectivity index (χ1n) is 5.67. The maximum absolute atomic E-state index is 11.9. The van der Waals surface area contributed by atoms with Crippen LogP contribution in [0, 0.1) is 0 Å². The van der Waals surface area contributed by atoms with Crippen LogP contribution >= 0.6 is 12.2 Å². The molecule has 0 unspecified atom stereocenters. The topological polar surface area (TPSA) is 72.6 Å². The lowest BCUT2D eigenvalue weighted by Gasteiger charge is -2.20. The van der Waals surface area contributed by atoms with Gasteiger partial charge in [-0.2, -0.15) is 0 Å². The molecule has 0 fully saturated rings. The second-order valence-electron chi connectivity index (χ2n) is 3.94. The van der Waals surface area contributed by atoms with Gasteiger partial charge in [0.1, 0.15) is 0 Å². The van der Waals surface area contributed by atoms with Crippen molar-refractivity contribution in [3.05, 3.63) is 0 Å². The van der Waals surface area contributed by atoms with Crippen molar-refractivity contribution in [2.75, 3.05) is 25.4 Å². The average Bonchev–Trinajstić information content (AvgIpc) is 2.16. The second kappa shape index (κ2) is 7.97. The molecule has 0 aliphatic heterocycles.